The van der Waals surface area contributed by atoms with Gasteiger partial charge in [-0.2, -0.15) is 0 Å². The molecule has 0 saturated carbocycles. The predicted molar refractivity (Wildman–Crippen MR) is 117 cm³/mol. The first kappa shape index (κ1) is 20.7. The summed E-state index contributed by atoms with van der Waals surface area (Å²) < 4.78 is 6.17. The number of ether oxygens (including phenoxy) is 1. The lowest BCUT2D eigenvalue weighted by molar-refractivity contribution is 0.275. The van der Waals surface area contributed by atoms with Gasteiger partial charge in [0, 0.05) is 24.2 Å². The largest absolute Gasteiger partial charge is 0.481 e. The monoisotopic (exact) mass is 392 g/mol. The fourth-order valence-corrected chi connectivity index (χ4v) is 3.37. The Balaban J connectivity index is 1.90. The van der Waals surface area contributed by atoms with E-state index in [-0.39, 0.29) is 12.6 Å². The molecule has 2 aromatic heterocycles. The van der Waals surface area contributed by atoms with Crippen molar-refractivity contribution in [2.75, 3.05) is 11.9 Å². The third-order valence-corrected chi connectivity index (χ3v) is 4.80. The van der Waals surface area contributed by atoms with Gasteiger partial charge in [-0.15, -0.1) is 0 Å². The Kier molecular flexibility index (Phi) is 7.14. The van der Waals surface area contributed by atoms with Gasteiger partial charge in [0.1, 0.15) is 6.61 Å². The Morgan fingerprint density at radius 3 is 2.79 bits per heavy atom. The molecule has 0 radical (unpaired) electrons. The van der Waals surface area contributed by atoms with Gasteiger partial charge in [-0.25, -0.2) is 9.97 Å². The standard InChI is InChI=1S/C23H28N4O2/c1-4-8-18(12-14-28)26-23-22(16(3)25-21(5-2)27-23)29-15-20-19-10-7-6-9-17(19)11-13-24-20/h5-7,9-11,13,18,28H,2,4,8,12,14-15H2,1,3H3,(H,25,26,27)/t18-/m0/s1. The first-order valence-corrected chi connectivity index (χ1v) is 10.00. The first-order valence-electron chi connectivity index (χ1n) is 10.00. The Morgan fingerprint density at radius 1 is 1.21 bits per heavy atom. The van der Waals surface area contributed by atoms with Gasteiger partial charge in [0.05, 0.1) is 11.4 Å². The van der Waals surface area contributed by atoms with Crippen LogP contribution in [0.2, 0.25) is 0 Å². The number of rotatable bonds is 10. The van der Waals surface area contributed by atoms with E-state index >= 15 is 0 Å². The summed E-state index contributed by atoms with van der Waals surface area (Å²) in [6.07, 6.45) is 5.99. The zero-order valence-corrected chi connectivity index (χ0v) is 17.1. The molecule has 1 atom stereocenters. The van der Waals surface area contributed by atoms with E-state index in [0.29, 0.717) is 30.4 Å². The Labute approximate surface area is 171 Å². The van der Waals surface area contributed by atoms with Gasteiger partial charge in [0.25, 0.3) is 0 Å². The van der Waals surface area contributed by atoms with E-state index in [1.54, 1.807) is 12.3 Å². The van der Waals surface area contributed by atoms with E-state index in [4.69, 9.17) is 4.74 Å². The number of benzene rings is 1. The highest BCUT2D eigenvalue weighted by Crippen LogP contribution is 2.29. The second-order valence-corrected chi connectivity index (χ2v) is 6.96. The molecule has 0 aliphatic carbocycles. The van der Waals surface area contributed by atoms with E-state index in [0.717, 1.165) is 35.0 Å². The number of anilines is 1. The molecule has 0 unspecified atom stereocenters. The molecule has 0 aliphatic rings. The molecule has 6 nitrogen and oxygen atoms in total. The van der Waals surface area contributed by atoms with Crippen molar-refractivity contribution in [3.05, 3.63) is 60.3 Å². The van der Waals surface area contributed by atoms with Crippen LogP contribution >= 0.6 is 0 Å². The minimum Gasteiger partial charge on any atom is -0.481 e. The van der Waals surface area contributed by atoms with E-state index in [1.807, 2.05) is 31.2 Å². The normalized spacial score (nSPS) is 12.0. The lowest BCUT2D eigenvalue weighted by Gasteiger charge is -2.21. The number of nitrogens with zero attached hydrogens (tertiary/aromatic N) is 3. The van der Waals surface area contributed by atoms with Crippen LogP contribution in [0.5, 0.6) is 5.75 Å². The molecule has 1 aromatic carbocycles. The molecule has 0 bridgehead atoms. The van der Waals surface area contributed by atoms with Gasteiger partial charge in [-0.3, -0.25) is 4.98 Å². The lowest BCUT2D eigenvalue weighted by Crippen LogP contribution is -2.22. The SMILES string of the molecule is C=Cc1nc(C)c(OCc2nccc3ccccc23)c(N[C@@H](CCC)CCO)n1. The van der Waals surface area contributed by atoms with E-state index < -0.39 is 0 Å². The zero-order chi connectivity index (χ0) is 20.6. The maximum atomic E-state index is 9.39. The minimum absolute atomic E-state index is 0.106. The third-order valence-electron chi connectivity index (χ3n) is 4.80. The molecule has 0 fully saturated rings. The maximum absolute atomic E-state index is 9.39. The average molecular weight is 393 g/mol. The van der Waals surface area contributed by atoms with Crippen LogP contribution in [-0.4, -0.2) is 32.7 Å². The summed E-state index contributed by atoms with van der Waals surface area (Å²) >= 11 is 0. The number of hydrogen-bond donors (Lipinski definition) is 2. The number of hydrogen-bond acceptors (Lipinski definition) is 6. The van der Waals surface area contributed by atoms with Crippen molar-refractivity contribution in [2.45, 2.75) is 45.8 Å². The Hall–Kier alpha value is -2.99. The van der Waals surface area contributed by atoms with Gasteiger partial charge in [-0.05, 0) is 37.3 Å². The fraction of sp³-hybridized carbons (Fsp3) is 0.348. The van der Waals surface area contributed by atoms with Crippen LogP contribution in [0.3, 0.4) is 0 Å². The second-order valence-electron chi connectivity index (χ2n) is 6.96. The predicted octanol–water partition coefficient (Wildman–Crippen LogP) is 4.52. The third kappa shape index (κ3) is 5.09. The van der Waals surface area contributed by atoms with Crippen LogP contribution in [0.15, 0.2) is 43.1 Å². The summed E-state index contributed by atoms with van der Waals surface area (Å²) in [5.74, 6) is 1.77. The molecule has 0 saturated heterocycles. The second kappa shape index (κ2) is 9.98. The smallest absolute Gasteiger partial charge is 0.183 e. The van der Waals surface area contributed by atoms with Gasteiger partial charge >= 0.3 is 0 Å². The fourth-order valence-electron chi connectivity index (χ4n) is 3.37. The van der Waals surface area contributed by atoms with Crippen molar-refractivity contribution in [1.82, 2.24) is 15.0 Å². The molecule has 0 aliphatic heterocycles. The van der Waals surface area contributed by atoms with Crippen molar-refractivity contribution in [1.29, 1.82) is 0 Å². The highest BCUT2D eigenvalue weighted by atomic mass is 16.5. The van der Waals surface area contributed by atoms with Gasteiger partial charge in [-0.1, -0.05) is 44.2 Å². The van der Waals surface area contributed by atoms with Crippen LogP contribution in [0.4, 0.5) is 5.82 Å². The van der Waals surface area contributed by atoms with Crippen molar-refractivity contribution in [3.63, 3.8) is 0 Å². The quantitative estimate of drug-likeness (QED) is 0.528. The molecule has 3 rings (SSSR count). The topological polar surface area (TPSA) is 80.2 Å². The van der Waals surface area contributed by atoms with Crippen LogP contribution in [0, 0.1) is 6.92 Å². The van der Waals surface area contributed by atoms with Crippen LogP contribution in [0.25, 0.3) is 16.8 Å². The zero-order valence-electron chi connectivity index (χ0n) is 17.1. The van der Waals surface area contributed by atoms with Crippen molar-refractivity contribution < 1.29 is 9.84 Å². The number of aliphatic hydroxyl groups is 1. The number of aliphatic hydroxyl groups excluding tert-OH is 1. The summed E-state index contributed by atoms with van der Waals surface area (Å²) in [6.45, 7) is 8.22. The van der Waals surface area contributed by atoms with E-state index in [2.05, 4.69) is 39.8 Å². The van der Waals surface area contributed by atoms with Crippen molar-refractivity contribution in [2.24, 2.45) is 0 Å². The molecule has 0 spiro atoms. The highest BCUT2D eigenvalue weighted by molar-refractivity contribution is 5.84. The molecular weight excluding hydrogens is 364 g/mol. The van der Waals surface area contributed by atoms with Crippen molar-refractivity contribution in [3.8, 4) is 5.75 Å². The van der Waals surface area contributed by atoms with E-state index in [1.165, 1.54) is 0 Å². The number of pyridine rings is 1. The first-order chi connectivity index (χ1) is 14.2. The summed E-state index contributed by atoms with van der Waals surface area (Å²) in [5, 5.41) is 15.0. The summed E-state index contributed by atoms with van der Waals surface area (Å²) in [4.78, 5) is 13.5. The minimum atomic E-state index is 0.106. The van der Waals surface area contributed by atoms with Gasteiger partial charge in [0.2, 0.25) is 0 Å². The molecule has 2 heterocycles. The number of aryl methyl sites for hydroxylation is 1. The highest BCUT2D eigenvalue weighted by Gasteiger charge is 2.17. The summed E-state index contributed by atoms with van der Waals surface area (Å²) in [7, 11) is 0. The molecule has 29 heavy (non-hydrogen) atoms. The summed E-state index contributed by atoms with van der Waals surface area (Å²) in [6, 6.07) is 10.2. The molecule has 2 N–H and O–H groups in total. The van der Waals surface area contributed by atoms with Crippen LogP contribution in [-0.2, 0) is 6.61 Å². The molecule has 3 aromatic rings. The van der Waals surface area contributed by atoms with Gasteiger partial charge in [0.15, 0.2) is 17.4 Å². The number of fused-ring (bicyclic) bond motifs is 1. The van der Waals surface area contributed by atoms with Crippen LogP contribution < -0.4 is 10.1 Å². The van der Waals surface area contributed by atoms with Crippen LogP contribution in [0.1, 0.15) is 43.4 Å². The molecule has 0 amide bonds. The number of aromatic nitrogens is 3. The number of nitrogens with one attached hydrogen (secondary N) is 1. The van der Waals surface area contributed by atoms with Gasteiger partial charge < -0.3 is 15.2 Å². The molecule has 152 valence electrons. The summed E-state index contributed by atoms with van der Waals surface area (Å²) in [5.41, 5.74) is 1.60. The van der Waals surface area contributed by atoms with Crippen molar-refractivity contribution >= 4 is 22.7 Å². The maximum Gasteiger partial charge on any atom is 0.183 e. The van der Waals surface area contributed by atoms with E-state index in [9.17, 15) is 5.11 Å². The molecule has 6 heteroatoms. The Morgan fingerprint density at radius 2 is 2.03 bits per heavy atom. The average Bonchev–Trinajstić information content (AvgIpc) is 2.73. The Bertz CT molecular complexity index is 963. The lowest BCUT2D eigenvalue weighted by atomic mass is 10.1. The molecular formula is C23H28N4O2.